The Labute approximate surface area is 165 Å². The van der Waals surface area contributed by atoms with Gasteiger partial charge in [-0.25, -0.2) is 0 Å². The van der Waals surface area contributed by atoms with Gasteiger partial charge < -0.3 is 10.6 Å². The van der Waals surface area contributed by atoms with Gasteiger partial charge in [0.15, 0.2) is 0 Å². The molecule has 2 amide bonds. The smallest absolute Gasteiger partial charge is 0.227 e. The molecular formula is C22H25ClN2O2. The molecule has 0 saturated heterocycles. The third kappa shape index (κ3) is 5.33. The van der Waals surface area contributed by atoms with Crippen LogP contribution in [0.3, 0.4) is 0 Å². The van der Waals surface area contributed by atoms with Crippen LogP contribution >= 0.6 is 11.6 Å². The van der Waals surface area contributed by atoms with Crippen LogP contribution in [0.2, 0.25) is 5.02 Å². The summed E-state index contributed by atoms with van der Waals surface area (Å²) in [6.07, 6.45) is 2.91. The second-order valence-corrected chi connectivity index (χ2v) is 7.63. The molecule has 2 aromatic carbocycles. The van der Waals surface area contributed by atoms with E-state index in [1.807, 2.05) is 37.3 Å². The Balaban J connectivity index is 1.46. The number of nitrogens with one attached hydrogen (secondary N) is 2. The lowest BCUT2D eigenvalue weighted by atomic mass is 9.81. The number of carbonyl (C=O) groups excluding carboxylic acids is 2. The van der Waals surface area contributed by atoms with Crippen molar-refractivity contribution in [3.63, 3.8) is 0 Å². The topological polar surface area (TPSA) is 58.2 Å². The van der Waals surface area contributed by atoms with Crippen LogP contribution in [0.15, 0.2) is 48.5 Å². The highest BCUT2D eigenvalue weighted by molar-refractivity contribution is 6.33. The minimum absolute atomic E-state index is 0.0123. The first-order valence-electron chi connectivity index (χ1n) is 9.41. The van der Waals surface area contributed by atoms with Gasteiger partial charge in [0, 0.05) is 18.4 Å². The number of halogens is 1. The van der Waals surface area contributed by atoms with E-state index in [0.29, 0.717) is 17.3 Å². The van der Waals surface area contributed by atoms with Gasteiger partial charge in [0.2, 0.25) is 11.8 Å². The lowest BCUT2D eigenvalue weighted by molar-refractivity contribution is -0.128. The summed E-state index contributed by atoms with van der Waals surface area (Å²) in [5.41, 5.74) is 2.94. The first-order valence-corrected chi connectivity index (χ1v) is 9.79. The molecule has 0 aromatic heterocycles. The molecule has 1 fully saturated rings. The number of hydrogen-bond donors (Lipinski definition) is 2. The maximum Gasteiger partial charge on any atom is 0.227 e. The Hall–Kier alpha value is -2.33. The van der Waals surface area contributed by atoms with E-state index in [-0.39, 0.29) is 23.7 Å². The second kappa shape index (κ2) is 9.05. The largest absolute Gasteiger partial charge is 0.352 e. The van der Waals surface area contributed by atoms with Crippen molar-refractivity contribution < 1.29 is 9.59 Å². The molecule has 2 N–H and O–H groups in total. The van der Waals surface area contributed by atoms with Gasteiger partial charge in [0.1, 0.15) is 0 Å². The zero-order valence-electron chi connectivity index (χ0n) is 15.5. The first-order chi connectivity index (χ1) is 13.0. The van der Waals surface area contributed by atoms with E-state index in [1.165, 1.54) is 5.56 Å². The molecule has 3 rings (SSSR count). The van der Waals surface area contributed by atoms with Crippen LogP contribution in [0.1, 0.15) is 36.8 Å². The predicted octanol–water partition coefficient (Wildman–Crippen LogP) is 4.71. The zero-order chi connectivity index (χ0) is 19.2. The minimum atomic E-state index is -0.0675. The molecule has 1 saturated carbocycles. The van der Waals surface area contributed by atoms with Gasteiger partial charge in [-0.3, -0.25) is 9.59 Å². The monoisotopic (exact) mass is 384 g/mol. The molecule has 0 bridgehead atoms. The third-order valence-electron chi connectivity index (χ3n) is 5.15. The van der Waals surface area contributed by atoms with Crippen LogP contribution in [0.5, 0.6) is 0 Å². The van der Waals surface area contributed by atoms with E-state index >= 15 is 0 Å². The van der Waals surface area contributed by atoms with E-state index < -0.39 is 0 Å². The number of hydrogen-bond acceptors (Lipinski definition) is 2. The molecule has 0 atom stereocenters. The Morgan fingerprint density at radius 1 is 0.963 bits per heavy atom. The average Bonchev–Trinajstić information content (AvgIpc) is 2.68. The molecule has 0 aliphatic heterocycles. The highest BCUT2D eigenvalue weighted by Crippen LogP contribution is 2.31. The van der Waals surface area contributed by atoms with Crippen molar-refractivity contribution in [3.05, 3.63) is 64.7 Å². The quantitative estimate of drug-likeness (QED) is 0.784. The average molecular weight is 385 g/mol. The maximum atomic E-state index is 12.5. The number of amides is 2. The van der Waals surface area contributed by atoms with Gasteiger partial charge >= 0.3 is 0 Å². The predicted molar refractivity (Wildman–Crippen MR) is 109 cm³/mol. The normalized spacial score (nSPS) is 19.3. The number of benzene rings is 2. The highest BCUT2D eigenvalue weighted by Gasteiger charge is 2.30. The summed E-state index contributed by atoms with van der Waals surface area (Å²) < 4.78 is 0. The molecule has 142 valence electrons. The Morgan fingerprint density at radius 3 is 2.30 bits per heavy atom. The van der Waals surface area contributed by atoms with E-state index in [1.54, 1.807) is 12.1 Å². The SMILES string of the molecule is Cc1cccc(CNC(=O)C2CCC(C(=O)Nc3ccccc3Cl)CC2)c1. The molecule has 1 aliphatic carbocycles. The molecular weight excluding hydrogens is 360 g/mol. The fourth-order valence-electron chi connectivity index (χ4n) is 3.57. The van der Waals surface area contributed by atoms with Crippen LogP contribution in [0.4, 0.5) is 5.69 Å². The van der Waals surface area contributed by atoms with Crippen molar-refractivity contribution in [3.8, 4) is 0 Å². The fourth-order valence-corrected chi connectivity index (χ4v) is 3.75. The van der Waals surface area contributed by atoms with Gasteiger partial charge in [-0.2, -0.15) is 0 Å². The maximum absolute atomic E-state index is 12.5. The van der Waals surface area contributed by atoms with Gasteiger partial charge in [-0.1, -0.05) is 53.6 Å². The highest BCUT2D eigenvalue weighted by atomic mass is 35.5. The van der Waals surface area contributed by atoms with Crippen molar-refractivity contribution in [2.75, 3.05) is 5.32 Å². The molecule has 5 heteroatoms. The van der Waals surface area contributed by atoms with Gasteiger partial charge in [0.05, 0.1) is 10.7 Å². The van der Waals surface area contributed by atoms with E-state index in [4.69, 9.17) is 11.6 Å². The van der Waals surface area contributed by atoms with Crippen LogP contribution < -0.4 is 10.6 Å². The standard InChI is InChI=1S/C22H25ClN2O2/c1-15-5-4-6-16(13-15)14-24-21(26)17-9-11-18(12-10-17)22(27)25-20-8-3-2-7-19(20)23/h2-8,13,17-18H,9-12,14H2,1H3,(H,24,26)(H,25,27). The number of para-hydroxylation sites is 1. The number of rotatable bonds is 5. The lowest BCUT2D eigenvalue weighted by Crippen LogP contribution is -2.35. The summed E-state index contributed by atoms with van der Waals surface area (Å²) in [4.78, 5) is 24.9. The Kier molecular flexibility index (Phi) is 6.51. The summed E-state index contributed by atoms with van der Waals surface area (Å²) in [6, 6.07) is 15.4. The summed E-state index contributed by atoms with van der Waals surface area (Å²) in [7, 11) is 0. The fraction of sp³-hybridized carbons (Fsp3) is 0.364. The molecule has 0 unspecified atom stereocenters. The number of carbonyl (C=O) groups is 2. The molecule has 27 heavy (non-hydrogen) atoms. The summed E-state index contributed by atoms with van der Waals surface area (Å²) >= 11 is 6.10. The summed E-state index contributed by atoms with van der Waals surface area (Å²) in [5.74, 6) is -0.00976. The molecule has 0 spiro atoms. The van der Waals surface area contributed by atoms with Crippen LogP contribution in [-0.2, 0) is 16.1 Å². The minimum Gasteiger partial charge on any atom is -0.352 e. The van der Waals surface area contributed by atoms with Crippen molar-refractivity contribution in [2.45, 2.75) is 39.2 Å². The van der Waals surface area contributed by atoms with Crippen molar-refractivity contribution in [1.82, 2.24) is 5.32 Å². The van der Waals surface area contributed by atoms with Crippen molar-refractivity contribution in [2.24, 2.45) is 11.8 Å². The van der Waals surface area contributed by atoms with Crippen LogP contribution in [-0.4, -0.2) is 11.8 Å². The van der Waals surface area contributed by atoms with Gasteiger partial charge in [-0.15, -0.1) is 0 Å². The van der Waals surface area contributed by atoms with Crippen LogP contribution in [0, 0.1) is 18.8 Å². The lowest BCUT2D eigenvalue weighted by Gasteiger charge is -2.27. The Bertz CT molecular complexity index is 813. The molecule has 0 radical (unpaired) electrons. The van der Waals surface area contributed by atoms with Gasteiger partial charge in [-0.05, 0) is 50.3 Å². The molecule has 0 heterocycles. The molecule has 1 aliphatic rings. The summed E-state index contributed by atoms with van der Waals surface area (Å²) in [5, 5.41) is 6.47. The van der Waals surface area contributed by atoms with Gasteiger partial charge in [0.25, 0.3) is 0 Å². The zero-order valence-corrected chi connectivity index (χ0v) is 16.3. The summed E-state index contributed by atoms with van der Waals surface area (Å²) in [6.45, 7) is 2.59. The van der Waals surface area contributed by atoms with Crippen molar-refractivity contribution >= 4 is 29.1 Å². The Morgan fingerprint density at radius 2 is 1.63 bits per heavy atom. The van der Waals surface area contributed by atoms with E-state index in [9.17, 15) is 9.59 Å². The van der Waals surface area contributed by atoms with Crippen molar-refractivity contribution in [1.29, 1.82) is 0 Å². The second-order valence-electron chi connectivity index (χ2n) is 7.22. The first kappa shape index (κ1) is 19.4. The molecule has 4 nitrogen and oxygen atoms in total. The number of aryl methyl sites for hydroxylation is 1. The third-order valence-corrected chi connectivity index (χ3v) is 5.48. The van der Waals surface area contributed by atoms with Crippen LogP contribution in [0.25, 0.3) is 0 Å². The van der Waals surface area contributed by atoms with E-state index in [0.717, 1.165) is 31.2 Å². The number of anilines is 1. The van der Waals surface area contributed by atoms with E-state index in [2.05, 4.69) is 16.7 Å². The molecule has 2 aromatic rings.